The first-order chi connectivity index (χ1) is 10.1. The van der Waals surface area contributed by atoms with Crippen LogP contribution < -0.4 is 5.32 Å². The molecule has 0 saturated carbocycles. The minimum Gasteiger partial charge on any atom is -0.384 e. The van der Waals surface area contributed by atoms with Crippen LogP contribution in [-0.2, 0) is 13.6 Å². The molecule has 1 aromatic carbocycles. The molecule has 0 bridgehead atoms. The van der Waals surface area contributed by atoms with E-state index in [1.54, 1.807) is 24.0 Å². The largest absolute Gasteiger partial charge is 0.384 e. The lowest BCUT2D eigenvalue weighted by Crippen LogP contribution is -2.24. The summed E-state index contributed by atoms with van der Waals surface area (Å²) < 4.78 is 14.9. The third kappa shape index (κ3) is 3.91. The zero-order chi connectivity index (χ0) is 15.2. The van der Waals surface area contributed by atoms with Gasteiger partial charge in [-0.2, -0.15) is 5.10 Å². The summed E-state index contributed by atoms with van der Waals surface area (Å²) in [4.78, 5) is 12.1. The van der Waals surface area contributed by atoms with Gasteiger partial charge < -0.3 is 10.4 Å². The lowest BCUT2D eigenvalue weighted by Gasteiger charge is -2.06. The van der Waals surface area contributed by atoms with Crippen molar-refractivity contribution in [3.05, 3.63) is 53.1 Å². The molecule has 0 aliphatic carbocycles. The smallest absolute Gasteiger partial charge is 0.252 e. The average Bonchev–Trinajstić information content (AvgIpc) is 2.88. The number of benzene rings is 1. The number of amides is 1. The van der Waals surface area contributed by atoms with Crippen molar-refractivity contribution in [2.75, 3.05) is 6.61 Å². The Hall–Kier alpha value is -2.65. The molecule has 0 aliphatic heterocycles. The normalized spacial score (nSPS) is 9.86. The summed E-state index contributed by atoms with van der Waals surface area (Å²) in [5.74, 6) is 4.11. The highest BCUT2D eigenvalue weighted by Gasteiger charge is 2.11. The molecule has 2 aromatic rings. The molecule has 0 unspecified atom stereocenters. The van der Waals surface area contributed by atoms with E-state index in [-0.39, 0.29) is 30.2 Å². The van der Waals surface area contributed by atoms with Crippen molar-refractivity contribution < 1.29 is 14.3 Å². The summed E-state index contributed by atoms with van der Waals surface area (Å²) in [5.41, 5.74) is 1.21. The Morgan fingerprint density at radius 2 is 2.29 bits per heavy atom. The Morgan fingerprint density at radius 1 is 1.48 bits per heavy atom. The van der Waals surface area contributed by atoms with Crippen LogP contribution in [0, 0.1) is 17.7 Å². The van der Waals surface area contributed by atoms with Crippen LogP contribution in [0.1, 0.15) is 21.6 Å². The fourth-order valence-corrected chi connectivity index (χ4v) is 1.78. The SMILES string of the molecule is Cn1ccc(CNC(=O)c2ccc(F)cc2C#CCO)n1. The molecule has 0 spiro atoms. The standard InChI is InChI=1S/C15H14FN3O2/c1-19-7-6-13(18-19)10-17-15(21)14-5-4-12(16)9-11(14)3-2-8-20/h4-7,9,20H,8,10H2,1H3,(H,17,21). The van der Waals surface area contributed by atoms with Crippen LogP contribution >= 0.6 is 0 Å². The minimum absolute atomic E-state index is 0.238. The molecule has 0 saturated heterocycles. The van der Waals surface area contributed by atoms with Crippen molar-refractivity contribution >= 4 is 5.91 Å². The average molecular weight is 287 g/mol. The van der Waals surface area contributed by atoms with E-state index in [4.69, 9.17) is 5.11 Å². The topological polar surface area (TPSA) is 67.2 Å². The van der Waals surface area contributed by atoms with Crippen molar-refractivity contribution in [3.8, 4) is 11.8 Å². The summed E-state index contributed by atoms with van der Waals surface area (Å²) in [6.45, 7) is -0.0879. The van der Waals surface area contributed by atoms with Crippen molar-refractivity contribution in [2.24, 2.45) is 7.05 Å². The molecule has 0 atom stereocenters. The number of carbonyl (C=O) groups is 1. The molecule has 0 aliphatic rings. The second-order valence-corrected chi connectivity index (χ2v) is 4.31. The highest BCUT2D eigenvalue weighted by Crippen LogP contribution is 2.10. The molecule has 0 radical (unpaired) electrons. The van der Waals surface area contributed by atoms with Crippen molar-refractivity contribution in [1.29, 1.82) is 0 Å². The van der Waals surface area contributed by atoms with E-state index < -0.39 is 5.82 Å². The van der Waals surface area contributed by atoms with Crippen molar-refractivity contribution in [1.82, 2.24) is 15.1 Å². The van der Waals surface area contributed by atoms with Crippen LogP contribution in [0.5, 0.6) is 0 Å². The van der Waals surface area contributed by atoms with Gasteiger partial charge in [-0.15, -0.1) is 0 Å². The molecule has 1 heterocycles. The van der Waals surface area contributed by atoms with Crippen molar-refractivity contribution in [2.45, 2.75) is 6.54 Å². The highest BCUT2D eigenvalue weighted by atomic mass is 19.1. The van der Waals surface area contributed by atoms with Gasteiger partial charge in [-0.1, -0.05) is 11.8 Å². The number of nitrogens with zero attached hydrogens (tertiary/aromatic N) is 2. The number of aliphatic hydroxyl groups excluding tert-OH is 1. The molecule has 21 heavy (non-hydrogen) atoms. The second kappa shape index (κ2) is 6.68. The first kappa shape index (κ1) is 14.8. The van der Waals surface area contributed by atoms with Gasteiger partial charge >= 0.3 is 0 Å². The van der Waals surface area contributed by atoms with Gasteiger partial charge in [0.25, 0.3) is 5.91 Å². The predicted molar refractivity (Wildman–Crippen MR) is 74.7 cm³/mol. The third-order valence-corrected chi connectivity index (χ3v) is 2.73. The summed E-state index contributed by atoms with van der Waals surface area (Å²) in [5, 5.41) is 15.5. The maximum Gasteiger partial charge on any atom is 0.252 e. The molecule has 6 heteroatoms. The van der Waals surface area contributed by atoms with E-state index in [0.717, 1.165) is 5.69 Å². The second-order valence-electron chi connectivity index (χ2n) is 4.31. The molecule has 108 valence electrons. The quantitative estimate of drug-likeness (QED) is 0.822. The molecular weight excluding hydrogens is 273 g/mol. The van der Waals surface area contributed by atoms with Crippen LogP contribution in [-0.4, -0.2) is 27.4 Å². The maximum atomic E-state index is 13.2. The lowest BCUT2D eigenvalue weighted by atomic mass is 10.1. The highest BCUT2D eigenvalue weighted by molar-refractivity contribution is 5.96. The number of hydrogen-bond donors (Lipinski definition) is 2. The molecule has 1 aromatic heterocycles. The first-order valence-electron chi connectivity index (χ1n) is 6.26. The lowest BCUT2D eigenvalue weighted by molar-refractivity contribution is 0.0950. The fraction of sp³-hybridized carbons (Fsp3) is 0.200. The van der Waals surface area contributed by atoms with Crippen LogP contribution in [0.2, 0.25) is 0 Å². The molecule has 1 amide bonds. The van der Waals surface area contributed by atoms with Gasteiger partial charge in [0, 0.05) is 18.8 Å². The van der Waals surface area contributed by atoms with Gasteiger partial charge in [0.2, 0.25) is 0 Å². The number of carbonyl (C=O) groups excluding carboxylic acids is 1. The number of halogens is 1. The van der Waals surface area contributed by atoms with E-state index in [1.807, 2.05) is 0 Å². The number of aliphatic hydroxyl groups is 1. The van der Waals surface area contributed by atoms with Gasteiger partial charge in [-0.05, 0) is 24.3 Å². The van der Waals surface area contributed by atoms with Crippen LogP contribution in [0.15, 0.2) is 30.5 Å². The predicted octanol–water partition coefficient (Wildman–Crippen LogP) is 0.833. The Bertz CT molecular complexity index is 713. The number of hydrogen-bond acceptors (Lipinski definition) is 3. The van der Waals surface area contributed by atoms with Crippen LogP contribution in [0.4, 0.5) is 4.39 Å². The molecule has 2 N–H and O–H groups in total. The van der Waals surface area contributed by atoms with Crippen molar-refractivity contribution in [3.63, 3.8) is 0 Å². The summed E-state index contributed by atoms with van der Waals surface area (Å²) >= 11 is 0. The zero-order valence-electron chi connectivity index (χ0n) is 11.4. The third-order valence-electron chi connectivity index (χ3n) is 2.73. The van der Waals surface area contributed by atoms with Gasteiger partial charge in [0.05, 0.1) is 17.8 Å². The maximum absolute atomic E-state index is 13.2. The molecule has 0 fully saturated rings. The first-order valence-corrected chi connectivity index (χ1v) is 6.26. The molecule has 5 nitrogen and oxygen atoms in total. The van der Waals surface area contributed by atoms with Gasteiger partial charge in [-0.3, -0.25) is 9.48 Å². The number of aromatic nitrogens is 2. The van der Waals surface area contributed by atoms with E-state index in [9.17, 15) is 9.18 Å². The van der Waals surface area contributed by atoms with Gasteiger partial charge in [0.15, 0.2) is 0 Å². The van der Waals surface area contributed by atoms with E-state index in [1.165, 1.54) is 18.2 Å². The fourth-order valence-electron chi connectivity index (χ4n) is 1.78. The van der Waals surface area contributed by atoms with Crippen LogP contribution in [0.3, 0.4) is 0 Å². The van der Waals surface area contributed by atoms with Crippen LogP contribution in [0.25, 0.3) is 0 Å². The Balaban J connectivity index is 2.14. The Kier molecular flexibility index (Phi) is 4.69. The monoisotopic (exact) mass is 287 g/mol. The number of rotatable bonds is 3. The van der Waals surface area contributed by atoms with E-state index in [0.29, 0.717) is 0 Å². The zero-order valence-corrected chi connectivity index (χ0v) is 11.4. The number of aryl methyl sites for hydroxylation is 1. The molecular formula is C15H14FN3O2. The Morgan fingerprint density at radius 3 is 2.95 bits per heavy atom. The van der Waals surface area contributed by atoms with E-state index in [2.05, 4.69) is 22.3 Å². The van der Waals surface area contributed by atoms with Gasteiger partial charge in [-0.25, -0.2) is 4.39 Å². The summed E-state index contributed by atoms with van der Waals surface area (Å²) in [7, 11) is 1.79. The summed E-state index contributed by atoms with van der Waals surface area (Å²) in [6.07, 6.45) is 1.78. The van der Waals surface area contributed by atoms with Gasteiger partial charge in [0.1, 0.15) is 12.4 Å². The summed E-state index contributed by atoms with van der Waals surface area (Å²) in [6, 6.07) is 5.51. The minimum atomic E-state index is -0.487. The Labute approximate surface area is 121 Å². The number of nitrogens with one attached hydrogen (secondary N) is 1. The van der Waals surface area contributed by atoms with E-state index >= 15 is 0 Å². The molecule has 2 rings (SSSR count).